The zero-order valence-electron chi connectivity index (χ0n) is 16.7. The average Bonchev–Trinajstić information content (AvgIpc) is 2.69. The van der Waals surface area contributed by atoms with Crippen molar-refractivity contribution in [2.45, 2.75) is 26.8 Å². The van der Waals surface area contributed by atoms with E-state index < -0.39 is 29.3 Å². The molecule has 0 radical (unpaired) electrons. The van der Waals surface area contributed by atoms with Crippen LogP contribution in [0.5, 0.6) is 0 Å². The van der Waals surface area contributed by atoms with E-state index in [1.807, 2.05) is 13.8 Å². The first-order valence-electron chi connectivity index (χ1n) is 9.38. The Bertz CT molecular complexity index is 1150. The van der Waals surface area contributed by atoms with Crippen molar-refractivity contribution in [3.63, 3.8) is 0 Å². The molecule has 6 nitrogen and oxygen atoms in total. The molecule has 2 amide bonds. The number of urea groups is 1. The summed E-state index contributed by atoms with van der Waals surface area (Å²) >= 11 is 5.80. The number of benzene rings is 2. The Morgan fingerprint density at radius 3 is 2.57 bits per heavy atom. The summed E-state index contributed by atoms with van der Waals surface area (Å²) in [6, 6.07) is 6.77. The van der Waals surface area contributed by atoms with Crippen LogP contribution in [0.1, 0.15) is 32.5 Å². The Balaban J connectivity index is 1.98. The largest absolute Gasteiger partial charge is 0.322 e. The molecule has 0 aliphatic rings. The van der Waals surface area contributed by atoms with Crippen molar-refractivity contribution in [2.24, 2.45) is 5.92 Å². The summed E-state index contributed by atoms with van der Waals surface area (Å²) in [6.45, 7) is 6.06. The van der Waals surface area contributed by atoms with Crippen molar-refractivity contribution in [1.82, 2.24) is 15.1 Å². The maximum Gasteiger partial charge on any atom is 0.322 e. The van der Waals surface area contributed by atoms with Crippen molar-refractivity contribution in [3.05, 3.63) is 69.1 Å². The van der Waals surface area contributed by atoms with Crippen LogP contribution in [-0.2, 0) is 0 Å². The van der Waals surface area contributed by atoms with Gasteiger partial charge in [0.2, 0.25) is 0 Å². The van der Waals surface area contributed by atoms with Crippen molar-refractivity contribution >= 4 is 34.1 Å². The lowest BCUT2D eigenvalue weighted by molar-refractivity contribution is 0.182. The monoisotopic (exact) mass is 434 g/mol. The summed E-state index contributed by atoms with van der Waals surface area (Å²) in [5.74, 6) is -0.998. The van der Waals surface area contributed by atoms with Gasteiger partial charge in [-0.15, -0.1) is 0 Å². The van der Waals surface area contributed by atoms with Gasteiger partial charge in [0.1, 0.15) is 11.6 Å². The van der Waals surface area contributed by atoms with E-state index in [0.717, 1.165) is 6.07 Å². The van der Waals surface area contributed by atoms with E-state index in [9.17, 15) is 18.4 Å². The van der Waals surface area contributed by atoms with Gasteiger partial charge in [-0.1, -0.05) is 25.4 Å². The third-order valence-electron chi connectivity index (χ3n) is 4.64. The van der Waals surface area contributed by atoms with Crippen LogP contribution in [0, 0.1) is 17.6 Å². The fourth-order valence-electron chi connectivity index (χ4n) is 3.20. The molecule has 3 aromatic rings. The Morgan fingerprint density at radius 1 is 1.17 bits per heavy atom. The predicted molar refractivity (Wildman–Crippen MR) is 113 cm³/mol. The molecule has 2 aromatic carbocycles. The number of amides is 2. The van der Waals surface area contributed by atoms with Crippen LogP contribution in [0.25, 0.3) is 10.8 Å². The first kappa shape index (κ1) is 21.7. The maximum absolute atomic E-state index is 13.6. The normalized spacial score (nSPS) is 12.2. The first-order valence-corrected chi connectivity index (χ1v) is 9.75. The molecule has 0 unspecified atom stereocenters. The van der Waals surface area contributed by atoms with Gasteiger partial charge >= 0.3 is 6.03 Å². The second-order valence-electron chi connectivity index (χ2n) is 7.41. The van der Waals surface area contributed by atoms with E-state index in [-0.39, 0.29) is 16.3 Å². The Hall–Kier alpha value is -3.00. The Kier molecular flexibility index (Phi) is 6.36. The zero-order valence-corrected chi connectivity index (χ0v) is 17.4. The summed E-state index contributed by atoms with van der Waals surface area (Å²) in [6.07, 6.45) is 0. The number of H-pyrrole nitrogens is 1. The summed E-state index contributed by atoms with van der Waals surface area (Å²) in [5, 5.41) is 9.72. The molecule has 158 valence electrons. The summed E-state index contributed by atoms with van der Waals surface area (Å²) in [5.41, 5.74) is 0.257. The van der Waals surface area contributed by atoms with Crippen LogP contribution in [0.15, 0.2) is 41.2 Å². The highest BCUT2D eigenvalue weighted by molar-refractivity contribution is 6.31. The molecule has 0 fully saturated rings. The highest BCUT2D eigenvalue weighted by Gasteiger charge is 2.26. The van der Waals surface area contributed by atoms with E-state index >= 15 is 0 Å². The van der Waals surface area contributed by atoms with Crippen molar-refractivity contribution in [1.29, 1.82) is 0 Å². The lowest BCUT2D eigenvalue weighted by atomic mass is 10.0. The van der Waals surface area contributed by atoms with Gasteiger partial charge in [0.15, 0.2) is 0 Å². The highest BCUT2D eigenvalue weighted by atomic mass is 35.5. The highest BCUT2D eigenvalue weighted by Crippen LogP contribution is 2.27. The molecule has 0 aliphatic heterocycles. The van der Waals surface area contributed by atoms with Gasteiger partial charge in [-0.25, -0.2) is 18.7 Å². The molecular formula is C21H21ClF2N4O2. The quantitative estimate of drug-likeness (QED) is 0.586. The third-order valence-corrected chi connectivity index (χ3v) is 4.93. The number of rotatable bonds is 5. The lowest BCUT2D eigenvalue weighted by Crippen LogP contribution is -2.40. The van der Waals surface area contributed by atoms with Crippen LogP contribution in [0.4, 0.5) is 19.3 Å². The number of halogens is 3. The van der Waals surface area contributed by atoms with Crippen LogP contribution in [0.3, 0.4) is 0 Å². The van der Waals surface area contributed by atoms with Gasteiger partial charge in [-0.05, 0) is 49.2 Å². The SMILES string of the molecule is CC(C)CN(C(=O)Nc1ccc(F)c(Cl)c1)[C@@H](C)c1n[nH]c(=O)c2cc(F)ccc12. The number of carbonyl (C=O) groups excluding carboxylic acids is 1. The molecule has 9 heteroatoms. The number of carbonyl (C=O) groups is 1. The third kappa shape index (κ3) is 4.59. The molecule has 1 heterocycles. The molecule has 3 rings (SSSR count). The van der Waals surface area contributed by atoms with E-state index in [1.165, 1.54) is 30.3 Å². The van der Waals surface area contributed by atoms with Gasteiger partial charge in [0.25, 0.3) is 5.56 Å². The van der Waals surface area contributed by atoms with E-state index in [4.69, 9.17) is 11.6 Å². The van der Waals surface area contributed by atoms with Gasteiger partial charge in [-0.3, -0.25) is 4.79 Å². The van der Waals surface area contributed by atoms with Crippen molar-refractivity contribution < 1.29 is 13.6 Å². The van der Waals surface area contributed by atoms with Crippen LogP contribution >= 0.6 is 11.6 Å². The Labute approximate surface area is 176 Å². The number of hydrogen-bond donors (Lipinski definition) is 2. The van der Waals surface area contributed by atoms with Gasteiger partial charge < -0.3 is 10.2 Å². The topological polar surface area (TPSA) is 78.1 Å². The summed E-state index contributed by atoms with van der Waals surface area (Å²) in [4.78, 5) is 26.6. The van der Waals surface area contributed by atoms with E-state index in [2.05, 4.69) is 15.5 Å². The standard InChI is InChI=1S/C21H21ClF2N4O2/c1-11(2)10-28(21(30)25-14-5-7-18(24)17(22)9-14)12(3)19-15-6-4-13(23)8-16(15)20(29)27-26-19/h4-9,11-12H,10H2,1-3H3,(H,25,30)(H,27,29)/t12-/m0/s1. The van der Waals surface area contributed by atoms with Gasteiger partial charge in [0.05, 0.1) is 22.1 Å². The minimum absolute atomic E-state index is 0.105. The minimum atomic E-state index is -0.585. The molecule has 30 heavy (non-hydrogen) atoms. The zero-order chi connectivity index (χ0) is 22.0. The van der Waals surface area contributed by atoms with Crippen LogP contribution in [0.2, 0.25) is 5.02 Å². The molecule has 0 saturated carbocycles. The molecule has 0 bridgehead atoms. The van der Waals surface area contributed by atoms with Crippen LogP contribution < -0.4 is 10.9 Å². The fourth-order valence-corrected chi connectivity index (χ4v) is 3.39. The number of fused-ring (bicyclic) bond motifs is 1. The van der Waals surface area contributed by atoms with E-state index in [0.29, 0.717) is 23.3 Å². The second-order valence-corrected chi connectivity index (χ2v) is 7.82. The van der Waals surface area contributed by atoms with Crippen molar-refractivity contribution in [2.75, 3.05) is 11.9 Å². The number of nitrogens with one attached hydrogen (secondary N) is 2. The number of aromatic amines is 1. The molecule has 0 spiro atoms. The average molecular weight is 435 g/mol. The number of hydrogen-bond acceptors (Lipinski definition) is 3. The van der Waals surface area contributed by atoms with Gasteiger partial charge in [0, 0.05) is 17.6 Å². The van der Waals surface area contributed by atoms with E-state index in [1.54, 1.807) is 11.8 Å². The Morgan fingerprint density at radius 2 is 1.90 bits per heavy atom. The van der Waals surface area contributed by atoms with Crippen molar-refractivity contribution in [3.8, 4) is 0 Å². The molecule has 1 aromatic heterocycles. The summed E-state index contributed by atoms with van der Waals surface area (Å²) in [7, 11) is 0. The smallest absolute Gasteiger partial charge is 0.316 e. The molecule has 1 atom stereocenters. The molecular weight excluding hydrogens is 414 g/mol. The number of nitrogens with zero attached hydrogens (tertiary/aromatic N) is 2. The lowest BCUT2D eigenvalue weighted by Gasteiger charge is -2.31. The minimum Gasteiger partial charge on any atom is -0.316 e. The second kappa shape index (κ2) is 8.79. The molecule has 0 saturated heterocycles. The predicted octanol–water partition coefficient (Wildman–Crippen LogP) is 5.11. The molecule has 2 N–H and O–H groups in total. The first-order chi connectivity index (χ1) is 14.2. The summed E-state index contributed by atoms with van der Waals surface area (Å²) < 4.78 is 27.0. The number of anilines is 1. The molecule has 0 aliphatic carbocycles. The maximum atomic E-state index is 13.6. The van der Waals surface area contributed by atoms with Gasteiger partial charge in [-0.2, -0.15) is 5.10 Å². The van der Waals surface area contributed by atoms with Crippen LogP contribution in [-0.4, -0.2) is 27.7 Å². The fraction of sp³-hybridized carbons (Fsp3) is 0.286. The number of aromatic nitrogens is 2.